The molecule has 0 spiro atoms. The maximum atomic E-state index is 11.7. The summed E-state index contributed by atoms with van der Waals surface area (Å²) >= 11 is 7.40. The summed E-state index contributed by atoms with van der Waals surface area (Å²) in [5, 5.41) is 28.3. The van der Waals surface area contributed by atoms with Gasteiger partial charge in [0.2, 0.25) is 0 Å². The van der Waals surface area contributed by atoms with E-state index in [4.69, 9.17) is 21.4 Å². The van der Waals surface area contributed by atoms with E-state index in [0.29, 0.717) is 17.0 Å². The second kappa shape index (κ2) is 10.5. The molecule has 7 nitrogen and oxygen atoms in total. The van der Waals surface area contributed by atoms with Gasteiger partial charge in [0.15, 0.2) is 17.2 Å². The van der Waals surface area contributed by atoms with Gasteiger partial charge in [0.25, 0.3) is 0 Å². The molecule has 0 aliphatic heterocycles. The van der Waals surface area contributed by atoms with Crippen molar-refractivity contribution < 1.29 is 29.6 Å². The van der Waals surface area contributed by atoms with Gasteiger partial charge in [-0.1, -0.05) is 54.1 Å². The summed E-state index contributed by atoms with van der Waals surface area (Å²) in [5.74, 6) is -2.50. The fraction of sp³-hybridized carbons (Fsp3) is 0.0769. The molecule has 0 radical (unpaired) electrons. The first-order valence-electron chi connectivity index (χ1n) is 10.4. The first-order valence-corrected chi connectivity index (χ1v) is 11.6. The molecule has 0 saturated heterocycles. The number of anilines is 2. The Morgan fingerprint density at radius 1 is 0.914 bits per heavy atom. The fourth-order valence-corrected chi connectivity index (χ4v) is 4.93. The first-order chi connectivity index (χ1) is 16.8. The molecule has 1 heterocycles. The Morgan fingerprint density at radius 2 is 1.63 bits per heavy atom. The average Bonchev–Trinajstić information content (AvgIpc) is 3.19. The highest BCUT2D eigenvalue weighted by atomic mass is 35.5. The standard InChI is InChI=1S/C26H20ClNO6S/c27-22-23(34-15-21(30)31)25(26(32)33)35-24(22)17-7-4-8-19(13-17)28(14-16-5-2-1-3-6-16)18-9-11-20(29)12-10-18/h1-13,29H,14-15H2,(H,30,31)(H,32,33). The number of thiophene rings is 1. The maximum Gasteiger partial charge on any atom is 0.349 e. The number of halogens is 1. The molecule has 0 atom stereocenters. The van der Waals surface area contributed by atoms with Crippen LogP contribution in [0.25, 0.3) is 10.4 Å². The lowest BCUT2D eigenvalue weighted by atomic mass is 10.1. The van der Waals surface area contributed by atoms with Crippen molar-refractivity contribution >= 4 is 46.3 Å². The molecular formula is C26H20ClNO6S. The number of aromatic carboxylic acids is 1. The van der Waals surface area contributed by atoms with Gasteiger partial charge in [-0.05, 0) is 47.5 Å². The molecule has 0 bridgehead atoms. The highest BCUT2D eigenvalue weighted by Crippen LogP contribution is 2.46. The molecule has 3 N–H and O–H groups in total. The van der Waals surface area contributed by atoms with E-state index in [1.807, 2.05) is 60.7 Å². The predicted octanol–water partition coefficient (Wildman–Crippen LogP) is 6.27. The molecule has 4 aromatic rings. The smallest absolute Gasteiger partial charge is 0.349 e. The molecule has 0 aliphatic carbocycles. The Bertz CT molecular complexity index is 1350. The van der Waals surface area contributed by atoms with Crippen LogP contribution in [0.15, 0.2) is 78.9 Å². The minimum atomic E-state index is -1.26. The van der Waals surface area contributed by atoms with E-state index in [2.05, 4.69) is 4.90 Å². The fourth-order valence-electron chi connectivity index (χ4n) is 3.53. The highest BCUT2D eigenvalue weighted by Gasteiger charge is 2.25. The number of rotatable bonds is 9. The summed E-state index contributed by atoms with van der Waals surface area (Å²) in [6.45, 7) is -0.164. The average molecular weight is 510 g/mol. The van der Waals surface area contributed by atoms with Gasteiger partial charge in [0.05, 0.1) is 4.88 Å². The second-order valence-corrected chi connectivity index (χ2v) is 8.93. The number of carboxylic acid groups (broad SMARTS) is 2. The number of phenols is 1. The number of carbonyl (C=O) groups is 2. The molecule has 0 aliphatic rings. The van der Waals surface area contributed by atoms with Gasteiger partial charge in [0.1, 0.15) is 10.8 Å². The van der Waals surface area contributed by atoms with E-state index in [1.165, 1.54) is 0 Å². The Morgan fingerprint density at radius 3 is 2.29 bits per heavy atom. The molecule has 1 aromatic heterocycles. The van der Waals surface area contributed by atoms with Gasteiger partial charge in [0, 0.05) is 17.9 Å². The van der Waals surface area contributed by atoms with Gasteiger partial charge in [-0.25, -0.2) is 9.59 Å². The van der Waals surface area contributed by atoms with Gasteiger partial charge >= 0.3 is 11.9 Å². The monoisotopic (exact) mass is 509 g/mol. The van der Waals surface area contributed by atoms with Crippen LogP contribution in [0.1, 0.15) is 15.2 Å². The molecule has 4 rings (SSSR count). The Balaban J connectivity index is 1.77. The summed E-state index contributed by atoms with van der Waals surface area (Å²) in [5.41, 5.74) is 3.38. The van der Waals surface area contributed by atoms with Gasteiger partial charge in [-0.2, -0.15) is 0 Å². The quantitative estimate of drug-likeness (QED) is 0.244. The van der Waals surface area contributed by atoms with Crippen molar-refractivity contribution in [3.05, 3.63) is 94.3 Å². The zero-order valence-corrected chi connectivity index (χ0v) is 19.8. The Labute approximate surface area is 210 Å². The third kappa shape index (κ3) is 5.56. The lowest BCUT2D eigenvalue weighted by Gasteiger charge is -2.26. The van der Waals surface area contributed by atoms with Crippen LogP contribution < -0.4 is 9.64 Å². The van der Waals surface area contributed by atoms with E-state index >= 15 is 0 Å². The SMILES string of the molecule is O=C(O)COc1c(C(=O)O)sc(-c2cccc(N(Cc3ccccc3)c3ccc(O)cc3)c2)c1Cl. The third-order valence-electron chi connectivity index (χ3n) is 5.11. The number of aliphatic carboxylic acids is 1. The summed E-state index contributed by atoms with van der Waals surface area (Å²) in [6.07, 6.45) is 0. The molecule has 0 unspecified atom stereocenters. The number of hydrogen-bond donors (Lipinski definition) is 3. The van der Waals surface area contributed by atoms with Crippen molar-refractivity contribution in [3.8, 4) is 21.9 Å². The number of benzene rings is 3. The lowest BCUT2D eigenvalue weighted by Crippen LogP contribution is -2.16. The summed E-state index contributed by atoms with van der Waals surface area (Å²) in [4.78, 5) is 25.0. The minimum Gasteiger partial charge on any atom is -0.508 e. The van der Waals surface area contributed by atoms with Crippen LogP contribution in [0.2, 0.25) is 5.02 Å². The number of nitrogens with zero attached hydrogens (tertiary/aromatic N) is 1. The molecule has 0 amide bonds. The largest absolute Gasteiger partial charge is 0.508 e. The normalized spacial score (nSPS) is 10.7. The van der Waals surface area contributed by atoms with Crippen LogP contribution in [-0.2, 0) is 11.3 Å². The van der Waals surface area contributed by atoms with Crippen LogP contribution in [-0.4, -0.2) is 33.9 Å². The van der Waals surface area contributed by atoms with Crippen molar-refractivity contribution in [1.82, 2.24) is 0 Å². The molecule has 0 fully saturated rings. The molecule has 3 aromatic carbocycles. The van der Waals surface area contributed by atoms with E-state index < -0.39 is 18.5 Å². The highest BCUT2D eigenvalue weighted by molar-refractivity contribution is 7.18. The molecule has 35 heavy (non-hydrogen) atoms. The maximum absolute atomic E-state index is 11.7. The van der Waals surface area contributed by atoms with Crippen LogP contribution in [0.5, 0.6) is 11.5 Å². The first kappa shape index (κ1) is 24.1. The van der Waals surface area contributed by atoms with Crippen LogP contribution in [0, 0.1) is 0 Å². The topological polar surface area (TPSA) is 107 Å². The van der Waals surface area contributed by atoms with Crippen molar-refractivity contribution in [3.63, 3.8) is 0 Å². The summed E-state index contributed by atoms with van der Waals surface area (Å²) in [6, 6.07) is 24.1. The number of carboxylic acids is 2. The van der Waals surface area contributed by atoms with E-state index in [9.17, 15) is 19.8 Å². The van der Waals surface area contributed by atoms with E-state index in [0.717, 1.165) is 28.3 Å². The molecule has 0 saturated carbocycles. The van der Waals surface area contributed by atoms with E-state index in [-0.39, 0.29) is 21.4 Å². The van der Waals surface area contributed by atoms with Crippen LogP contribution in [0.4, 0.5) is 11.4 Å². The third-order valence-corrected chi connectivity index (χ3v) is 6.79. The minimum absolute atomic E-state index is 0.0463. The number of phenolic OH excluding ortho intramolecular Hbond substituents is 1. The van der Waals surface area contributed by atoms with Gasteiger partial charge < -0.3 is 25.0 Å². The van der Waals surface area contributed by atoms with Gasteiger partial charge in [-0.15, -0.1) is 11.3 Å². The van der Waals surface area contributed by atoms with E-state index in [1.54, 1.807) is 18.2 Å². The lowest BCUT2D eigenvalue weighted by molar-refractivity contribution is -0.139. The predicted molar refractivity (Wildman–Crippen MR) is 135 cm³/mol. The summed E-state index contributed by atoms with van der Waals surface area (Å²) in [7, 11) is 0. The molecule has 178 valence electrons. The Kier molecular flexibility index (Phi) is 7.24. The van der Waals surface area contributed by atoms with Crippen LogP contribution >= 0.6 is 22.9 Å². The van der Waals surface area contributed by atoms with Crippen molar-refractivity contribution in [1.29, 1.82) is 0 Å². The van der Waals surface area contributed by atoms with Crippen molar-refractivity contribution in [2.75, 3.05) is 11.5 Å². The number of ether oxygens (including phenoxy) is 1. The number of aromatic hydroxyl groups is 1. The van der Waals surface area contributed by atoms with Gasteiger partial charge in [-0.3, -0.25) is 0 Å². The zero-order chi connectivity index (χ0) is 24.9. The Hall–Kier alpha value is -4.01. The number of hydrogen-bond acceptors (Lipinski definition) is 6. The molecule has 9 heteroatoms. The van der Waals surface area contributed by atoms with Crippen LogP contribution in [0.3, 0.4) is 0 Å². The summed E-state index contributed by atoms with van der Waals surface area (Å²) < 4.78 is 5.19. The van der Waals surface area contributed by atoms with Crippen molar-refractivity contribution in [2.24, 2.45) is 0 Å². The second-order valence-electron chi connectivity index (χ2n) is 7.53. The molecular weight excluding hydrogens is 490 g/mol. The van der Waals surface area contributed by atoms with Crippen molar-refractivity contribution in [2.45, 2.75) is 6.54 Å². The zero-order valence-electron chi connectivity index (χ0n) is 18.2.